The van der Waals surface area contributed by atoms with Gasteiger partial charge in [-0.15, -0.1) is 11.3 Å². The van der Waals surface area contributed by atoms with E-state index in [0.717, 1.165) is 15.6 Å². The summed E-state index contributed by atoms with van der Waals surface area (Å²) in [6, 6.07) is 7.63. The van der Waals surface area contributed by atoms with Gasteiger partial charge in [0.2, 0.25) is 0 Å². The fourth-order valence-electron chi connectivity index (χ4n) is 2.23. The van der Waals surface area contributed by atoms with Crippen LogP contribution in [0.3, 0.4) is 0 Å². The molecule has 7 nitrogen and oxygen atoms in total. The molecule has 2 rings (SSSR count). The van der Waals surface area contributed by atoms with Crippen LogP contribution in [0.4, 0.5) is 5.69 Å². The van der Waals surface area contributed by atoms with Crippen LogP contribution in [0.5, 0.6) is 0 Å². The summed E-state index contributed by atoms with van der Waals surface area (Å²) in [5, 5.41) is 1.63. The number of sulfonamides is 1. The zero-order valence-electron chi connectivity index (χ0n) is 13.9. The standard InChI is InChI=1S/C16H17NO6S2/c1-11-12(16(19)23-3)6-4-7-13(11)17(10-14(18)22-2)25(20,21)15-8-5-9-24-15/h4-9H,10H2,1-3H3. The highest BCUT2D eigenvalue weighted by Crippen LogP contribution is 2.30. The van der Waals surface area contributed by atoms with Crippen LogP contribution in [0.15, 0.2) is 39.9 Å². The van der Waals surface area contributed by atoms with Crippen molar-refractivity contribution in [2.45, 2.75) is 11.1 Å². The molecule has 134 valence electrons. The maximum atomic E-state index is 13.0. The van der Waals surface area contributed by atoms with Gasteiger partial charge in [-0.1, -0.05) is 12.1 Å². The van der Waals surface area contributed by atoms with Crippen molar-refractivity contribution in [1.29, 1.82) is 0 Å². The van der Waals surface area contributed by atoms with E-state index >= 15 is 0 Å². The maximum Gasteiger partial charge on any atom is 0.338 e. The molecule has 0 aliphatic heterocycles. The first-order valence-corrected chi connectivity index (χ1v) is 9.46. The second kappa shape index (κ2) is 7.66. The monoisotopic (exact) mass is 383 g/mol. The summed E-state index contributed by atoms with van der Waals surface area (Å²) in [6.07, 6.45) is 0. The average Bonchev–Trinajstić information content (AvgIpc) is 3.14. The highest BCUT2D eigenvalue weighted by Gasteiger charge is 2.30. The van der Waals surface area contributed by atoms with Crippen LogP contribution in [0.2, 0.25) is 0 Å². The summed E-state index contributed by atoms with van der Waals surface area (Å²) in [6.45, 7) is 1.08. The molecular weight excluding hydrogens is 366 g/mol. The Labute approximate surface area is 149 Å². The third-order valence-electron chi connectivity index (χ3n) is 3.52. The van der Waals surface area contributed by atoms with Crippen molar-refractivity contribution in [2.75, 3.05) is 25.1 Å². The largest absolute Gasteiger partial charge is 0.468 e. The number of carbonyl (C=O) groups is 2. The Balaban J connectivity index is 2.62. The molecule has 0 saturated heterocycles. The smallest absolute Gasteiger partial charge is 0.338 e. The minimum absolute atomic E-state index is 0.0827. The van der Waals surface area contributed by atoms with Crippen molar-refractivity contribution in [1.82, 2.24) is 0 Å². The Bertz CT molecular complexity index is 874. The second-order valence-electron chi connectivity index (χ2n) is 4.96. The number of hydrogen-bond donors (Lipinski definition) is 0. The zero-order valence-corrected chi connectivity index (χ0v) is 15.5. The number of ether oxygens (including phenoxy) is 2. The first kappa shape index (κ1) is 18.9. The van der Waals surface area contributed by atoms with E-state index in [4.69, 9.17) is 4.74 Å². The molecule has 0 fully saturated rings. The SMILES string of the molecule is COC(=O)CN(c1cccc(C(=O)OC)c1C)S(=O)(=O)c1cccs1. The van der Waals surface area contributed by atoms with Crippen LogP contribution < -0.4 is 4.31 Å². The van der Waals surface area contributed by atoms with Gasteiger partial charge in [0.05, 0.1) is 25.5 Å². The average molecular weight is 383 g/mol. The Morgan fingerprint density at radius 1 is 1.12 bits per heavy atom. The first-order valence-electron chi connectivity index (χ1n) is 7.14. The quantitative estimate of drug-likeness (QED) is 0.711. The molecule has 0 saturated carbocycles. The maximum absolute atomic E-state index is 13.0. The molecule has 2 aromatic rings. The normalized spacial score (nSPS) is 11.0. The Hall–Kier alpha value is -2.39. The lowest BCUT2D eigenvalue weighted by Crippen LogP contribution is -2.36. The number of benzene rings is 1. The van der Waals surface area contributed by atoms with Gasteiger partial charge in [-0.3, -0.25) is 9.10 Å². The summed E-state index contributed by atoms with van der Waals surface area (Å²) in [7, 11) is -1.57. The lowest BCUT2D eigenvalue weighted by atomic mass is 10.1. The van der Waals surface area contributed by atoms with E-state index in [2.05, 4.69) is 4.74 Å². The molecular formula is C16H17NO6S2. The van der Waals surface area contributed by atoms with Gasteiger partial charge in [0.25, 0.3) is 10.0 Å². The van der Waals surface area contributed by atoms with Crippen LogP contribution >= 0.6 is 11.3 Å². The van der Waals surface area contributed by atoms with Gasteiger partial charge in [-0.25, -0.2) is 13.2 Å². The topological polar surface area (TPSA) is 90.0 Å². The van der Waals surface area contributed by atoms with Crippen molar-refractivity contribution in [3.05, 3.63) is 46.8 Å². The van der Waals surface area contributed by atoms with E-state index in [1.807, 2.05) is 0 Å². The molecule has 0 amide bonds. The summed E-state index contributed by atoms with van der Waals surface area (Å²) in [5.41, 5.74) is 0.816. The van der Waals surface area contributed by atoms with Crippen molar-refractivity contribution < 1.29 is 27.5 Å². The van der Waals surface area contributed by atoms with Crippen molar-refractivity contribution in [3.63, 3.8) is 0 Å². The molecule has 0 aliphatic carbocycles. The van der Waals surface area contributed by atoms with Gasteiger partial charge < -0.3 is 9.47 Å². The molecule has 0 aliphatic rings. The Morgan fingerprint density at radius 3 is 2.40 bits per heavy atom. The van der Waals surface area contributed by atoms with Crippen molar-refractivity contribution in [2.24, 2.45) is 0 Å². The molecule has 25 heavy (non-hydrogen) atoms. The number of nitrogens with zero attached hydrogens (tertiary/aromatic N) is 1. The molecule has 0 radical (unpaired) electrons. The fraction of sp³-hybridized carbons (Fsp3) is 0.250. The zero-order chi connectivity index (χ0) is 18.6. The lowest BCUT2D eigenvalue weighted by Gasteiger charge is -2.25. The predicted octanol–water partition coefficient (Wildman–Crippen LogP) is 2.21. The van der Waals surface area contributed by atoms with E-state index in [9.17, 15) is 18.0 Å². The number of esters is 2. The third kappa shape index (κ3) is 3.83. The van der Waals surface area contributed by atoms with E-state index < -0.39 is 28.5 Å². The molecule has 0 N–H and O–H groups in total. The molecule has 1 heterocycles. The van der Waals surface area contributed by atoms with Gasteiger partial charge >= 0.3 is 11.9 Å². The van der Waals surface area contributed by atoms with E-state index in [1.54, 1.807) is 18.4 Å². The molecule has 0 atom stereocenters. The van der Waals surface area contributed by atoms with E-state index in [-0.39, 0.29) is 15.5 Å². The Morgan fingerprint density at radius 2 is 1.84 bits per heavy atom. The minimum Gasteiger partial charge on any atom is -0.468 e. The van der Waals surface area contributed by atoms with Crippen LogP contribution in [0.25, 0.3) is 0 Å². The molecule has 0 spiro atoms. The number of carbonyl (C=O) groups excluding carboxylic acids is 2. The highest BCUT2D eigenvalue weighted by molar-refractivity contribution is 7.94. The van der Waals surface area contributed by atoms with Gasteiger partial charge in [0.15, 0.2) is 0 Å². The molecule has 0 bridgehead atoms. The van der Waals surface area contributed by atoms with Crippen LogP contribution in [0, 0.1) is 6.92 Å². The number of anilines is 1. The summed E-state index contributed by atoms with van der Waals surface area (Å²) >= 11 is 1.04. The third-order valence-corrected chi connectivity index (χ3v) is 6.65. The molecule has 1 aromatic carbocycles. The van der Waals surface area contributed by atoms with Gasteiger partial charge in [0.1, 0.15) is 10.8 Å². The van der Waals surface area contributed by atoms with Gasteiger partial charge in [-0.2, -0.15) is 0 Å². The summed E-state index contributed by atoms with van der Waals surface area (Å²) < 4.78 is 36.3. The minimum atomic E-state index is -3.99. The fourth-order valence-corrected chi connectivity index (χ4v) is 4.80. The van der Waals surface area contributed by atoms with E-state index in [1.165, 1.54) is 38.5 Å². The Kier molecular flexibility index (Phi) is 5.81. The molecule has 0 unspecified atom stereocenters. The first-order chi connectivity index (χ1) is 11.8. The van der Waals surface area contributed by atoms with E-state index in [0.29, 0.717) is 5.56 Å². The van der Waals surface area contributed by atoms with Crippen LogP contribution in [-0.2, 0) is 24.3 Å². The van der Waals surface area contributed by atoms with Crippen LogP contribution in [0.1, 0.15) is 15.9 Å². The summed E-state index contributed by atoms with van der Waals surface area (Å²) in [5.74, 6) is -1.31. The number of methoxy groups -OCH3 is 2. The molecule has 9 heteroatoms. The summed E-state index contributed by atoms with van der Waals surface area (Å²) in [4.78, 5) is 23.7. The van der Waals surface area contributed by atoms with Crippen LogP contribution in [-0.4, -0.2) is 41.1 Å². The van der Waals surface area contributed by atoms with Crippen molar-refractivity contribution >= 4 is 39.0 Å². The molecule has 1 aromatic heterocycles. The lowest BCUT2D eigenvalue weighted by molar-refractivity contribution is -0.138. The van der Waals surface area contributed by atoms with Gasteiger partial charge in [-0.05, 0) is 36.1 Å². The number of rotatable bonds is 6. The predicted molar refractivity (Wildman–Crippen MR) is 93.4 cm³/mol. The number of hydrogen-bond acceptors (Lipinski definition) is 7. The highest BCUT2D eigenvalue weighted by atomic mass is 32.2. The van der Waals surface area contributed by atoms with Crippen molar-refractivity contribution in [3.8, 4) is 0 Å². The van der Waals surface area contributed by atoms with Gasteiger partial charge in [0, 0.05) is 0 Å². The number of thiophene rings is 1. The second-order valence-corrected chi connectivity index (χ2v) is 8.00.